The highest BCUT2D eigenvalue weighted by Crippen LogP contribution is 2.41. The Morgan fingerprint density at radius 1 is 1.27 bits per heavy atom. The predicted molar refractivity (Wildman–Crippen MR) is 110 cm³/mol. The Morgan fingerprint density at radius 2 is 2.00 bits per heavy atom. The first-order valence-corrected chi connectivity index (χ1v) is 10.6. The van der Waals surface area contributed by atoms with Crippen LogP contribution in [0.15, 0.2) is 33.5 Å². The molecule has 0 N–H and O–H groups in total. The second kappa shape index (κ2) is 6.57. The normalized spacial score (nSPS) is 17.5. The van der Waals surface area contributed by atoms with E-state index in [4.69, 9.17) is 0 Å². The van der Waals surface area contributed by atoms with Gasteiger partial charge in [0.25, 0.3) is 5.56 Å². The summed E-state index contributed by atoms with van der Waals surface area (Å²) in [6.07, 6.45) is 3.15. The fourth-order valence-electron chi connectivity index (χ4n) is 3.73. The molecule has 1 atom stereocenters. The molecular weight excluding hydrogens is 410 g/mol. The van der Waals surface area contributed by atoms with Gasteiger partial charge in [-0.25, -0.2) is 4.68 Å². The minimum absolute atomic E-state index is 0.00960. The highest BCUT2D eigenvalue weighted by Gasteiger charge is 2.31. The third-order valence-corrected chi connectivity index (χ3v) is 7.08. The van der Waals surface area contributed by atoms with E-state index in [2.05, 4.69) is 47.0 Å². The van der Waals surface area contributed by atoms with Gasteiger partial charge in [-0.1, -0.05) is 54.0 Å². The Bertz CT molecular complexity index is 1010. The van der Waals surface area contributed by atoms with E-state index in [0.717, 1.165) is 39.5 Å². The fourth-order valence-corrected chi connectivity index (χ4v) is 5.23. The Balaban J connectivity index is 1.72. The largest absolute Gasteiger partial charge is 0.279 e. The van der Waals surface area contributed by atoms with Crippen LogP contribution in [0.25, 0.3) is 10.2 Å². The SMILES string of the molecule is CC(C)(C)[C@H]1CCc2c(sc3nnn(Cc4ccc(Br)cc4)c(=O)c23)C1. The topological polar surface area (TPSA) is 47.8 Å². The van der Waals surface area contributed by atoms with Gasteiger partial charge in [0.2, 0.25) is 0 Å². The summed E-state index contributed by atoms with van der Waals surface area (Å²) in [6, 6.07) is 7.95. The summed E-state index contributed by atoms with van der Waals surface area (Å²) in [7, 11) is 0. The van der Waals surface area contributed by atoms with E-state index in [-0.39, 0.29) is 5.56 Å². The van der Waals surface area contributed by atoms with Crippen LogP contribution < -0.4 is 5.56 Å². The van der Waals surface area contributed by atoms with Gasteiger partial charge in [-0.15, -0.1) is 16.4 Å². The second-order valence-electron chi connectivity index (χ2n) is 8.17. The van der Waals surface area contributed by atoms with Gasteiger partial charge < -0.3 is 0 Å². The van der Waals surface area contributed by atoms with E-state index >= 15 is 0 Å². The molecule has 0 saturated carbocycles. The zero-order valence-corrected chi connectivity index (χ0v) is 17.7. The smallest absolute Gasteiger partial charge is 0.267 e. The lowest BCUT2D eigenvalue weighted by Crippen LogP contribution is -2.28. The number of rotatable bonds is 2. The van der Waals surface area contributed by atoms with Gasteiger partial charge in [0.1, 0.15) is 0 Å². The van der Waals surface area contributed by atoms with E-state index in [0.29, 0.717) is 17.9 Å². The molecule has 0 fully saturated rings. The van der Waals surface area contributed by atoms with Crippen molar-refractivity contribution in [2.24, 2.45) is 11.3 Å². The van der Waals surface area contributed by atoms with Crippen molar-refractivity contribution in [1.82, 2.24) is 15.0 Å². The standard InChI is InChI=1S/C20H22BrN3OS/c1-20(2,3)13-6-9-15-16(10-13)26-18-17(15)19(25)24(23-22-18)11-12-4-7-14(21)8-5-12/h4-5,7-8,13H,6,9-11H2,1-3H3/t13-/m0/s1. The van der Waals surface area contributed by atoms with Gasteiger partial charge in [0.15, 0.2) is 4.83 Å². The molecular formula is C20H22BrN3OS. The highest BCUT2D eigenvalue weighted by atomic mass is 79.9. The molecule has 136 valence electrons. The number of halogens is 1. The van der Waals surface area contributed by atoms with E-state index in [1.165, 1.54) is 15.1 Å². The third-order valence-electron chi connectivity index (χ3n) is 5.41. The minimum Gasteiger partial charge on any atom is -0.267 e. The molecule has 1 aliphatic rings. The molecule has 0 unspecified atom stereocenters. The number of nitrogens with zero attached hydrogens (tertiary/aromatic N) is 3. The third kappa shape index (κ3) is 3.25. The number of aryl methyl sites for hydroxylation is 1. The van der Waals surface area contributed by atoms with Crippen LogP contribution in [0.5, 0.6) is 0 Å². The van der Waals surface area contributed by atoms with Crippen LogP contribution in [0.3, 0.4) is 0 Å². The van der Waals surface area contributed by atoms with Crippen LogP contribution in [-0.4, -0.2) is 15.0 Å². The predicted octanol–water partition coefficient (Wildman–Crippen LogP) is 4.81. The molecule has 0 bridgehead atoms. The molecule has 0 spiro atoms. The summed E-state index contributed by atoms with van der Waals surface area (Å²) in [5.41, 5.74) is 2.54. The monoisotopic (exact) mass is 431 g/mol. The number of aromatic nitrogens is 3. The van der Waals surface area contributed by atoms with Crippen LogP contribution in [-0.2, 0) is 19.4 Å². The Kier molecular flexibility index (Phi) is 4.51. The second-order valence-corrected chi connectivity index (χ2v) is 10.2. The summed E-state index contributed by atoms with van der Waals surface area (Å²) >= 11 is 5.09. The zero-order valence-electron chi connectivity index (χ0n) is 15.3. The Hall–Kier alpha value is -1.53. The number of hydrogen-bond acceptors (Lipinski definition) is 4. The molecule has 3 aromatic rings. The van der Waals surface area contributed by atoms with Crippen LogP contribution in [0.1, 0.15) is 43.2 Å². The van der Waals surface area contributed by atoms with Crippen LogP contribution in [0, 0.1) is 11.3 Å². The lowest BCUT2D eigenvalue weighted by molar-refractivity contribution is 0.218. The molecule has 26 heavy (non-hydrogen) atoms. The van der Waals surface area contributed by atoms with Crippen LogP contribution >= 0.6 is 27.3 Å². The molecule has 6 heteroatoms. The molecule has 0 aliphatic heterocycles. The number of benzene rings is 1. The van der Waals surface area contributed by atoms with Gasteiger partial charge in [-0.05, 0) is 53.9 Å². The molecule has 2 aromatic heterocycles. The molecule has 2 heterocycles. The molecule has 1 aliphatic carbocycles. The van der Waals surface area contributed by atoms with Crippen molar-refractivity contribution >= 4 is 37.5 Å². The first-order chi connectivity index (χ1) is 12.3. The van der Waals surface area contributed by atoms with Crippen molar-refractivity contribution in [1.29, 1.82) is 0 Å². The number of thiophene rings is 1. The minimum atomic E-state index is -0.00960. The maximum atomic E-state index is 13.1. The van der Waals surface area contributed by atoms with Gasteiger partial charge in [-0.2, -0.15) is 0 Å². The van der Waals surface area contributed by atoms with Crippen LogP contribution in [0.2, 0.25) is 0 Å². The lowest BCUT2D eigenvalue weighted by atomic mass is 9.72. The molecule has 0 amide bonds. The Labute approximate surface area is 165 Å². The summed E-state index contributed by atoms with van der Waals surface area (Å²) in [4.78, 5) is 15.2. The van der Waals surface area contributed by atoms with Crippen molar-refractivity contribution in [3.8, 4) is 0 Å². The fraction of sp³-hybridized carbons (Fsp3) is 0.450. The summed E-state index contributed by atoms with van der Waals surface area (Å²) in [6.45, 7) is 7.37. The highest BCUT2D eigenvalue weighted by molar-refractivity contribution is 9.10. The molecule has 0 saturated heterocycles. The van der Waals surface area contributed by atoms with Crippen molar-refractivity contribution in [3.63, 3.8) is 0 Å². The van der Waals surface area contributed by atoms with Crippen molar-refractivity contribution < 1.29 is 0 Å². The average Bonchev–Trinajstić information content (AvgIpc) is 2.97. The van der Waals surface area contributed by atoms with Gasteiger partial charge in [0, 0.05) is 9.35 Å². The van der Waals surface area contributed by atoms with Crippen molar-refractivity contribution in [2.45, 2.75) is 46.6 Å². The Morgan fingerprint density at radius 3 is 2.69 bits per heavy atom. The van der Waals surface area contributed by atoms with Crippen LogP contribution in [0.4, 0.5) is 0 Å². The average molecular weight is 432 g/mol. The molecule has 4 nitrogen and oxygen atoms in total. The molecule has 4 rings (SSSR count). The zero-order chi connectivity index (χ0) is 18.5. The van der Waals surface area contributed by atoms with E-state index < -0.39 is 0 Å². The summed E-state index contributed by atoms with van der Waals surface area (Å²) in [5, 5.41) is 9.35. The number of fused-ring (bicyclic) bond motifs is 3. The summed E-state index contributed by atoms with van der Waals surface area (Å²) < 4.78 is 2.52. The maximum absolute atomic E-state index is 13.1. The first-order valence-electron chi connectivity index (χ1n) is 8.95. The van der Waals surface area contributed by atoms with E-state index in [9.17, 15) is 4.79 Å². The molecule has 1 aromatic carbocycles. The van der Waals surface area contributed by atoms with Gasteiger partial charge >= 0.3 is 0 Å². The van der Waals surface area contributed by atoms with Gasteiger partial charge in [-0.3, -0.25) is 4.79 Å². The maximum Gasteiger partial charge on any atom is 0.279 e. The van der Waals surface area contributed by atoms with Gasteiger partial charge in [0.05, 0.1) is 11.9 Å². The quantitative estimate of drug-likeness (QED) is 0.584. The van der Waals surface area contributed by atoms with Crippen molar-refractivity contribution in [3.05, 3.63) is 55.1 Å². The first kappa shape index (κ1) is 17.9. The lowest BCUT2D eigenvalue weighted by Gasteiger charge is -2.33. The van der Waals surface area contributed by atoms with E-state index in [1.54, 1.807) is 11.3 Å². The summed E-state index contributed by atoms with van der Waals surface area (Å²) in [5.74, 6) is 0.654. The molecule has 0 radical (unpaired) electrons. The number of hydrogen-bond donors (Lipinski definition) is 0. The van der Waals surface area contributed by atoms with E-state index in [1.807, 2.05) is 24.3 Å². The van der Waals surface area contributed by atoms with Crippen molar-refractivity contribution in [2.75, 3.05) is 0 Å².